The maximum absolute atomic E-state index is 12.2. The highest BCUT2D eigenvalue weighted by atomic mass is 32.2. The van der Waals surface area contributed by atoms with Crippen molar-refractivity contribution in [3.8, 4) is 5.75 Å². The van der Waals surface area contributed by atoms with E-state index in [-0.39, 0.29) is 4.90 Å². The van der Waals surface area contributed by atoms with Crippen molar-refractivity contribution in [2.24, 2.45) is 5.92 Å². The average molecular weight is 313 g/mol. The molecule has 0 bridgehead atoms. The molecular formula is C14H19NO5S. The molecule has 6 nitrogen and oxygen atoms in total. The first-order chi connectivity index (χ1) is 9.81. The maximum Gasteiger partial charge on any atom is 0.339 e. The minimum Gasteiger partial charge on any atom is -0.507 e. The standard InChI is InChI=1S/C14H19NO5S/c1-9-7-12(16)11(14(17)18)8-13(9)21(19,20)15-6-2-3-10-4-5-10/h7-8,10,15-16H,2-6H2,1H3,(H,17,18). The van der Waals surface area contributed by atoms with Crippen molar-refractivity contribution in [1.29, 1.82) is 0 Å². The molecular weight excluding hydrogens is 294 g/mol. The topological polar surface area (TPSA) is 104 Å². The van der Waals surface area contributed by atoms with Crippen molar-refractivity contribution < 1.29 is 23.4 Å². The Morgan fingerprint density at radius 1 is 1.38 bits per heavy atom. The number of aromatic carboxylic acids is 1. The first-order valence-electron chi connectivity index (χ1n) is 6.88. The molecule has 1 fully saturated rings. The Bertz CT molecular complexity index is 650. The zero-order valence-corrected chi connectivity index (χ0v) is 12.6. The van der Waals surface area contributed by atoms with Crippen LogP contribution in [-0.4, -0.2) is 31.1 Å². The Morgan fingerprint density at radius 3 is 2.62 bits per heavy atom. The second-order valence-electron chi connectivity index (χ2n) is 5.42. The van der Waals surface area contributed by atoms with Gasteiger partial charge in [-0.05, 0) is 43.4 Å². The fourth-order valence-corrected chi connectivity index (χ4v) is 3.54. The summed E-state index contributed by atoms with van der Waals surface area (Å²) >= 11 is 0. The quantitative estimate of drug-likeness (QED) is 0.667. The molecule has 1 aliphatic rings. The first-order valence-corrected chi connectivity index (χ1v) is 8.36. The highest BCUT2D eigenvalue weighted by molar-refractivity contribution is 7.89. The van der Waals surface area contributed by atoms with Crippen molar-refractivity contribution >= 4 is 16.0 Å². The van der Waals surface area contributed by atoms with Gasteiger partial charge in [-0.3, -0.25) is 0 Å². The van der Waals surface area contributed by atoms with E-state index >= 15 is 0 Å². The minimum absolute atomic E-state index is 0.107. The monoisotopic (exact) mass is 313 g/mol. The molecule has 0 radical (unpaired) electrons. The number of phenols is 1. The second-order valence-corrected chi connectivity index (χ2v) is 7.16. The SMILES string of the molecule is Cc1cc(O)c(C(=O)O)cc1S(=O)(=O)NCCCC1CC1. The number of benzene rings is 1. The van der Waals surface area contributed by atoms with Crippen molar-refractivity contribution in [1.82, 2.24) is 4.72 Å². The molecule has 2 rings (SSSR count). The molecule has 0 spiro atoms. The fourth-order valence-electron chi connectivity index (χ4n) is 2.22. The van der Waals surface area contributed by atoms with Gasteiger partial charge in [-0.15, -0.1) is 0 Å². The van der Waals surface area contributed by atoms with Crippen molar-refractivity contribution in [3.63, 3.8) is 0 Å². The number of aromatic hydroxyl groups is 1. The molecule has 116 valence electrons. The van der Waals surface area contributed by atoms with Crippen LogP contribution in [0.4, 0.5) is 0 Å². The normalized spacial score (nSPS) is 15.1. The third-order valence-corrected chi connectivity index (χ3v) is 5.19. The zero-order chi connectivity index (χ0) is 15.6. The molecule has 0 saturated heterocycles. The molecule has 0 aliphatic heterocycles. The lowest BCUT2D eigenvalue weighted by Gasteiger charge is -2.11. The molecule has 0 unspecified atom stereocenters. The van der Waals surface area contributed by atoms with Gasteiger partial charge in [0.05, 0.1) is 4.90 Å². The zero-order valence-electron chi connectivity index (χ0n) is 11.8. The molecule has 0 heterocycles. The number of sulfonamides is 1. The summed E-state index contributed by atoms with van der Waals surface area (Å²) in [5, 5.41) is 18.5. The predicted molar refractivity (Wildman–Crippen MR) is 76.9 cm³/mol. The van der Waals surface area contributed by atoms with E-state index in [9.17, 15) is 18.3 Å². The average Bonchev–Trinajstić information content (AvgIpc) is 3.17. The van der Waals surface area contributed by atoms with E-state index in [1.165, 1.54) is 19.8 Å². The van der Waals surface area contributed by atoms with Crippen LogP contribution in [0.25, 0.3) is 0 Å². The Labute approximate surface area is 123 Å². The summed E-state index contributed by atoms with van der Waals surface area (Å²) in [5.41, 5.74) is -0.105. The molecule has 3 N–H and O–H groups in total. The summed E-state index contributed by atoms with van der Waals surface area (Å²) in [4.78, 5) is 10.9. The lowest BCUT2D eigenvalue weighted by Crippen LogP contribution is -2.26. The van der Waals surface area contributed by atoms with E-state index in [1.54, 1.807) is 0 Å². The van der Waals surface area contributed by atoms with Gasteiger partial charge in [-0.1, -0.05) is 12.8 Å². The van der Waals surface area contributed by atoms with E-state index in [0.717, 1.165) is 30.9 Å². The van der Waals surface area contributed by atoms with Gasteiger partial charge in [0.25, 0.3) is 0 Å². The van der Waals surface area contributed by atoms with E-state index in [4.69, 9.17) is 5.11 Å². The number of carbonyl (C=O) groups is 1. The van der Waals surface area contributed by atoms with Crippen LogP contribution in [0.1, 0.15) is 41.6 Å². The summed E-state index contributed by atoms with van der Waals surface area (Å²) in [7, 11) is -3.77. The molecule has 0 atom stereocenters. The lowest BCUT2D eigenvalue weighted by molar-refractivity contribution is 0.0693. The van der Waals surface area contributed by atoms with E-state index in [0.29, 0.717) is 12.1 Å². The van der Waals surface area contributed by atoms with Crippen LogP contribution in [0.5, 0.6) is 5.75 Å². The van der Waals surface area contributed by atoms with Crippen LogP contribution in [0.2, 0.25) is 0 Å². The second kappa shape index (κ2) is 6.03. The number of carboxylic acid groups (broad SMARTS) is 1. The van der Waals surface area contributed by atoms with Crippen molar-refractivity contribution in [2.75, 3.05) is 6.54 Å². The largest absolute Gasteiger partial charge is 0.507 e. The van der Waals surface area contributed by atoms with Crippen LogP contribution in [0, 0.1) is 12.8 Å². The minimum atomic E-state index is -3.77. The molecule has 21 heavy (non-hydrogen) atoms. The number of hydrogen-bond donors (Lipinski definition) is 3. The summed E-state index contributed by atoms with van der Waals surface area (Å²) in [6.45, 7) is 1.85. The number of aryl methyl sites for hydroxylation is 1. The molecule has 7 heteroatoms. The lowest BCUT2D eigenvalue weighted by atomic mass is 10.1. The molecule has 1 aromatic carbocycles. The van der Waals surface area contributed by atoms with Gasteiger partial charge < -0.3 is 10.2 Å². The summed E-state index contributed by atoms with van der Waals surface area (Å²) in [6, 6.07) is 2.15. The van der Waals surface area contributed by atoms with E-state index in [1.807, 2.05) is 0 Å². The Balaban J connectivity index is 2.13. The molecule has 1 aromatic rings. The van der Waals surface area contributed by atoms with Gasteiger partial charge in [0.1, 0.15) is 11.3 Å². The van der Waals surface area contributed by atoms with Gasteiger partial charge in [-0.2, -0.15) is 0 Å². The molecule has 0 aromatic heterocycles. The van der Waals surface area contributed by atoms with Crippen LogP contribution in [0.3, 0.4) is 0 Å². The molecule has 1 saturated carbocycles. The number of rotatable bonds is 7. The Kier molecular flexibility index (Phi) is 4.53. The predicted octanol–water partition coefficient (Wildman–Crippen LogP) is 1.87. The molecule has 0 amide bonds. The van der Waals surface area contributed by atoms with Gasteiger partial charge in [-0.25, -0.2) is 17.9 Å². The van der Waals surface area contributed by atoms with Crippen LogP contribution < -0.4 is 4.72 Å². The summed E-state index contributed by atoms with van der Waals surface area (Å²) < 4.78 is 26.9. The number of hydrogen-bond acceptors (Lipinski definition) is 4. The first kappa shape index (κ1) is 15.8. The fraction of sp³-hybridized carbons (Fsp3) is 0.500. The van der Waals surface area contributed by atoms with Crippen LogP contribution in [0.15, 0.2) is 17.0 Å². The van der Waals surface area contributed by atoms with Crippen LogP contribution >= 0.6 is 0 Å². The van der Waals surface area contributed by atoms with Crippen LogP contribution in [-0.2, 0) is 10.0 Å². The highest BCUT2D eigenvalue weighted by Gasteiger charge is 2.23. The van der Waals surface area contributed by atoms with Crippen molar-refractivity contribution in [2.45, 2.75) is 37.5 Å². The van der Waals surface area contributed by atoms with Crippen molar-refractivity contribution in [3.05, 3.63) is 23.3 Å². The van der Waals surface area contributed by atoms with Gasteiger partial charge >= 0.3 is 5.97 Å². The molecule has 1 aliphatic carbocycles. The highest BCUT2D eigenvalue weighted by Crippen LogP contribution is 2.33. The Morgan fingerprint density at radius 2 is 2.05 bits per heavy atom. The summed E-state index contributed by atoms with van der Waals surface area (Å²) in [6.07, 6.45) is 4.24. The van der Waals surface area contributed by atoms with E-state index in [2.05, 4.69) is 4.72 Å². The third kappa shape index (κ3) is 3.95. The van der Waals surface area contributed by atoms with Gasteiger partial charge in [0.15, 0.2) is 0 Å². The maximum atomic E-state index is 12.2. The van der Waals surface area contributed by atoms with Gasteiger partial charge in [0, 0.05) is 6.54 Å². The third-order valence-electron chi connectivity index (χ3n) is 3.59. The number of carboxylic acids is 1. The summed E-state index contributed by atoms with van der Waals surface area (Å²) in [5.74, 6) is -1.06. The number of nitrogens with one attached hydrogen (secondary N) is 1. The van der Waals surface area contributed by atoms with E-state index < -0.39 is 27.3 Å². The smallest absolute Gasteiger partial charge is 0.339 e. The van der Waals surface area contributed by atoms with Gasteiger partial charge in [0.2, 0.25) is 10.0 Å². The Hall–Kier alpha value is -1.60.